The van der Waals surface area contributed by atoms with Gasteiger partial charge in [-0.05, 0) is 63.5 Å². The van der Waals surface area contributed by atoms with Crippen molar-refractivity contribution in [1.29, 1.82) is 0 Å². The molecule has 202 valence electrons. The van der Waals surface area contributed by atoms with Crippen LogP contribution in [0.5, 0.6) is 0 Å². The van der Waals surface area contributed by atoms with E-state index < -0.39 is 16.0 Å². The standard InChI is InChI=1S/C27H37N3O6S/c1-6-17(2)10-11-18(3)15-22-24(26(33)28-4)21-16-20(19-12-13-19)25(29-27(21)36-22)30(37(5,34)35)14-8-7-9-23(31)32/h10-11,16,19H,6-9,12-15H2,1-5H3,(H,28,33)(H,31,32)/b17-10+,18-11+. The first-order valence-electron chi connectivity index (χ1n) is 12.7. The van der Waals surface area contributed by atoms with E-state index in [4.69, 9.17) is 9.52 Å². The largest absolute Gasteiger partial charge is 0.481 e. The zero-order valence-corrected chi connectivity index (χ0v) is 23.1. The molecule has 1 fully saturated rings. The molecule has 9 nitrogen and oxygen atoms in total. The smallest absolute Gasteiger partial charge is 0.303 e. The predicted octanol–water partition coefficient (Wildman–Crippen LogP) is 4.93. The Morgan fingerprint density at radius 3 is 2.46 bits per heavy atom. The van der Waals surface area contributed by atoms with E-state index in [1.807, 2.05) is 25.1 Å². The fraction of sp³-hybridized carbons (Fsp3) is 0.519. The molecule has 1 aliphatic rings. The van der Waals surface area contributed by atoms with Gasteiger partial charge < -0.3 is 14.8 Å². The summed E-state index contributed by atoms with van der Waals surface area (Å²) in [6.07, 6.45) is 9.05. The van der Waals surface area contributed by atoms with Crippen LogP contribution in [0.15, 0.2) is 33.8 Å². The number of fused-ring (bicyclic) bond motifs is 1. The van der Waals surface area contributed by atoms with Crippen molar-refractivity contribution in [2.45, 2.75) is 71.6 Å². The molecule has 0 atom stereocenters. The van der Waals surface area contributed by atoms with Gasteiger partial charge in [0.05, 0.1) is 17.2 Å². The molecule has 0 spiro atoms. The molecule has 0 aliphatic heterocycles. The molecular formula is C27H37N3O6S. The minimum Gasteiger partial charge on any atom is -0.481 e. The van der Waals surface area contributed by atoms with E-state index >= 15 is 0 Å². The minimum absolute atomic E-state index is 0.0313. The Labute approximate surface area is 218 Å². The zero-order valence-electron chi connectivity index (χ0n) is 22.3. The number of rotatable bonds is 13. The number of carboxylic acid groups (broad SMARTS) is 1. The Bertz CT molecular complexity index is 1340. The van der Waals surface area contributed by atoms with Crippen molar-refractivity contribution in [3.63, 3.8) is 0 Å². The summed E-state index contributed by atoms with van der Waals surface area (Å²) < 4.78 is 32.9. The Balaban J connectivity index is 2.11. The van der Waals surface area contributed by atoms with E-state index in [2.05, 4.69) is 24.1 Å². The van der Waals surface area contributed by atoms with Crippen LogP contribution in [-0.4, -0.2) is 50.2 Å². The van der Waals surface area contributed by atoms with Gasteiger partial charge in [0.15, 0.2) is 0 Å². The molecule has 2 heterocycles. The van der Waals surface area contributed by atoms with Gasteiger partial charge in [0.1, 0.15) is 11.6 Å². The number of aromatic nitrogens is 1. The second-order valence-electron chi connectivity index (χ2n) is 9.75. The molecular weight excluding hydrogens is 494 g/mol. The maximum Gasteiger partial charge on any atom is 0.303 e. The highest BCUT2D eigenvalue weighted by atomic mass is 32.2. The first-order chi connectivity index (χ1) is 17.5. The van der Waals surface area contributed by atoms with Crippen molar-refractivity contribution < 1.29 is 27.5 Å². The molecule has 2 N–H and O–H groups in total. The molecule has 1 saturated carbocycles. The lowest BCUT2D eigenvalue weighted by molar-refractivity contribution is -0.137. The molecule has 0 unspecified atom stereocenters. The van der Waals surface area contributed by atoms with E-state index in [0.29, 0.717) is 41.8 Å². The van der Waals surface area contributed by atoms with Crippen molar-refractivity contribution in [2.75, 3.05) is 24.2 Å². The third-order valence-corrected chi connectivity index (χ3v) is 7.68. The second-order valence-corrected chi connectivity index (χ2v) is 11.7. The van der Waals surface area contributed by atoms with Crippen LogP contribution in [0.4, 0.5) is 5.82 Å². The highest BCUT2D eigenvalue weighted by molar-refractivity contribution is 7.92. The molecule has 0 radical (unpaired) electrons. The number of hydrogen-bond donors (Lipinski definition) is 2. The van der Waals surface area contributed by atoms with Crippen molar-refractivity contribution in [3.05, 3.63) is 46.3 Å². The Morgan fingerprint density at radius 1 is 1.22 bits per heavy atom. The number of sulfonamides is 1. The van der Waals surface area contributed by atoms with E-state index in [1.165, 1.54) is 9.88 Å². The third kappa shape index (κ3) is 7.21. The van der Waals surface area contributed by atoms with Crippen LogP contribution < -0.4 is 9.62 Å². The number of amides is 1. The fourth-order valence-electron chi connectivity index (χ4n) is 4.15. The van der Waals surface area contributed by atoms with Crippen LogP contribution in [0.3, 0.4) is 0 Å². The Morgan fingerprint density at radius 2 is 1.89 bits per heavy atom. The quantitative estimate of drug-likeness (QED) is 0.277. The number of nitrogens with one attached hydrogen (secondary N) is 1. The van der Waals surface area contributed by atoms with Crippen LogP contribution in [0.2, 0.25) is 0 Å². The molecule has 37 heavy (non-hydrogen) atoms. The number of hydrogen-bond acceptors (Lipinski definition) is 6. The number of carbonyl (C=O) groups excluding carboxylic acids is 1. The Kier molecular flexibility index (Phi) is 9.17. The van der Waals surface area contributed by atoms with Crippen molar-refractivity contribution in [1.82, 2.24) is 10.3 Å². The average molecular weight is 532 g/mol. The molecule has 1 aliphatic carbocycles. The summed E-state index contributed by atoms with van der Waals surface area (Å²) in [7, 11) is -2.13. The number of pyridine rings is 1. The SMILES string of the molecule is CC/C(C)=C/C=C(\C)Cc1oc2nc(N(CCCCC(=O)O)S(C)(=O)=O)c(C3CC3)cc2c1C(=O)NC. The summed E-state index contributed by atoms with van der Waals surface area (Å²) in [6, 6.07) is 1.85. The van der Waals surface area contributed by atoms with Crippen molar-refractivity contribution >= 4 is 38.8 Å². The van der Waals surface area contributed by atoms with Gasteiger partial charge in [0.2, 0.25) is 15.7 Å². The summed E-state index contributed by atoms with van der Waals surface area (Å²) in [4.78, 5) is 28.5. The van der Waals surface area contributed by atoms with E-state index in [0.717, 1.165) is 36.7 Å². The van der Waals surface area contributed by atoms with Crippen LogP contribution in [0.1, 0.15) is 86.9 Å². The number of aliphatic carboxylic acids is 1. The van der Waals surface area contributed by atoms with E-state index in [9.17, 15) is 18.0 Å². The fourth-order valence-corrected chi connectivity index (χ4v) is 5.07. The zero-order chi connectivity index (χ0) is 27.3. The monoisotopic (exact) mass is 531 g/mol. The molecule has 2 aromatic rings. The van der Waals surface area contributed by atoms with Gasteiger partial charge in [-0.2, -0.15) is 4.98 Å². The first kappa shape index (κ1) is 28.4. The molecule has 0 aromatic carbocycles. The van der Waals surface area contributed by atoms with Crippen LogP contribution in [0, 0.1) is 0 Å². The van der Waals surface area contributed by atoms with Crippen molar-refractivity contribution in [3.8, 4) is 0 Å². The lowest BCUT2D eigenvalue weighted by atomic mass is 10.0. The highest BCUT2D eigenvalue weighted by Crippen LogP contribution is 2.46. The van der Waals surface area contributed by atoms with Crippen LogP contribution in [0.25, 0.3) is 11.1 Å². The summed E-state index contributed by atoms with van der Waals surface area (Å²) in [5.74, 6) is -0.282. The van der Waals surface area contributed by atoms with Crippen LogP contribution in [-0.2, 0) is 21.2 Å². The van der Waals surface area contributed by atoms with E-state index in [-0.39, 0.29) is 30.5 Å². The number of allylic oxidation sites excluding steroid dienone is 4. The van der Waals surface area contributed by atoms with Gasteiger partial charge in [0, 0.05) is 26.4 Å². The molecule has 3 rings (SSSR count). The summed E-state index contributed by atoms with van der Waals surface area (Å²) >= 11 is 0. The number of nitrogens with zero attached hydrogens (tertiary/aromatic N) is 2. The number of carboxylic acids is 1. The van der Waals surface area contributed by atoms with Gasteiger partial charge in [-0.1, -0.05) is 30.2 Å². The lowest BCUT2D eigenvalue weighted by Gasteiger charge is -2.23. The van der Waals surface area contributed by atoms with Gasteiger partial charge in [0.25, 0.3) is 5.91 Å². The number of furan rings is 1. The number of anilines is 1. The maximum absolute atomic E-state index is 12.9. The third-order valence-electron chi connectivity index (χ3n) is 6.52. The molecule has 0 saturated heterocycles. The summed E-state index contributed by atoms with van der Waals surface area (Å²) in [5, 5.41) is 12.2. The molecule has 10 heteroatoms. The molecule has 2 aromatic heterocycles. The second kappa shape index (κ2) is 11.9. The van der Waals surface area contributed by atoms with Gasteiger partial charge >= 0.3 is 5.97 Å². The average Bonchev–Trinajstić information content (AvgIpc) is 3.62. The predicted molar refractivity (Wildman–Crippen MR) is 145 cm³/mol. The minimum atomic E-state index is -3.69. The number of carbonyl (C=O) groups is 2. The van der Waals surface area contributed by atoms with Crippen molar-refractivity contribution in [2.24, 2.45) is 0 Å². The van der Waals surface area contributed by atoms with Crippen LogP contribution >= 0.6 is 0 Å². The normalized spacial score (nSPS) is 14.7. The Hall–Kier alpha value is -3.14. The van der Waals surface area contributed by atoms with E-state index in [1.54, 1.807) is 7.05 Å². The maximum atomic E-state index is 12.9. The lowest BCUT2D eigenvalue weighted by Crippen LogP contribution is -2.32. The van der Waals surface area contributed by atoms with Gasteiger partial charge in [-0.25, -0.2) is 8.42 Å². The summed E-state index contributed by atoms with van der Waals surface area (Å²) in [5.41, 5.74) is 3.63. The number of unbranched alkanes of at least 4 members (excludes halogenated alkanes) is 1. The highest BCUT2D eigenvalue weighted by Gasteiger charge is 2.34. The molecule has 0 bridgehead atoms. The van der Waals surface area contributed by atoms with Gasteiger partial charge in [-0.15, -0.1) is 0 Å². The van der Waals surface area contributed by atoms with Gasteiger partial charge in [-0.3, -0.25) is 13.9 Å². The summed E-state index contributed by atoms with van der Waals surface area (Å²) in [6.45, 7) is 6.23. The molecule has 1 amide bonds. The first-order valence-corrected chi connectivity index (χ1v) is 14.5. The topological polar surface area (TPSA) is 130 Å².